The minimum absolute atomic E-state index is 0.0292. The van der Waals surface area contributed by atoms with E-state index in [2.05, 4.69) is 10.6 Å². The van der Waals surface area contributed by atoms with E-state index >= 15 is 0 Å². The summed E-state index contributed by atoms with van der Waals surface area (Å²) in [6.45, 7) is 3.71. The summed E-state index contributed by atoms with van der Waals surface area (Å²) in [6.07, 6.45) is 0.592. The average molecular weight is 473 g/mol. The van der Waals surface area contributed by atoms with Crippen LogP contribution in [0, 0.1) is 6.92 Å². The maximum Gasteiger partial charge on any atom is 0.253 e. The van der Waals surface area contributed by atoms with Gasteiger partial charge in [0, 0.05) is 5.38 Å². The topological polar surface area (TPSA) is 126 Å². The van der Waals surface area contributed by atoms with Gasteiger partial charge in [-0.25, -0.2) is 8.42 Å². The summed E-state index contributed by atoms with van der Waals surface area (Å²) in [7, 11) is -3.94. The highest BCUT2D eigenvalue weighted by Crippen LogP contribution is 2.42. The SMILES string of the molecule is CC[C@@H](Nc1c(Nc2csc(S(=O)(=O)c3ccccc3)c2O)c(=O)c1=O)c1ccc(C)o1. The number of hydrogen-bond donors (Lipinski definition) is 3. The maximum absolute atomic E-state index is 12.8. The van der Waals surface area contributed by atoms with Crippen molar-refractivity contribution in [2.24, 2.45) is 0 Å². The first kappa shape index (κ1) is 21.8. The fourth-order valence-corrected chi connectivity index (χ4v) is 5.94. The third kappa shape index (κ3) is 3.71. The van der Waals surface area contributed by atoms with Crippen LogP contribution < -0.4 is 21.5 Å². The monoisotopic (exact) mass is 472 g/mol. The van der Waals surface area contributed by atoms with Gasteiger partial charge >= 0.3 is 0 Å². The summed E-state index contributed by atoms with van der Waals surface area (Å²) >= 11 is 0.821. The predicted octanol–water partition coefficient (Wildman–Crippen LogP) is 4.09. The highest BCUT2D eigenvalue weighted by atomic mass is 32.2. The van der Waals surface area contributed by atoms with Crippen LogP contribution in [0.5, 0.6) is 5.75 Å². The zero-order chi connectivity index (χ0) is 23.0. The van der Waals surface area contributed by atoms with E-state index in [9.17, 15) is 23.1 Å². The molecule has 4 rings (SSSR count). The van der Waals surface area contributed by atoms with Crippen molar-refractivity contribution in [2.45, 2.75) is 35.4 Å². The van der Waals surface area contributed by atoms with E-state index in [1.807, 2.05) is 6.92 Å². The molecule has 32 heavy (non-hydrogen) atoms. The number of sulfone groups is 1. The molecule has 0 radical (unpaired) electrons. The lowest BCUT2D eigenvalue weighted by atomic mass is 10.1. The highest BCUT2D eigenvalue weighted by molar-refractivity contribution is 7.93. The molecule has 1 atom stereocenters. The van der Waals surface area contributed by atoms with Gasteiger partial charge in [-0.2, -0.15) is 0 Å². The van der Waals surface area contributed by atoms with Gasteiger partial charge in [0.05, 0.1) is 16.6 Å². The van der Waals surface area contributed by atoms with Crippen molar-refractivity contribution >= 4 is 38.2 Å². The molecule has 0 aliphatic carbocycles. The Morgan fingerprint density at radius 3 is 2.38 bits per heavy atom. The molecule has 2 heterocycles. The highest BCUT2D eigenvalue weighted by Gasteiger charge is 2.29. The van der Waals surface area contributed by atoms with Crippen LogP contribution in [-0.4, -0.2) is 13.5 Å². The quantitative estimate of drug-likeness (QED) is 0.327. The van der Waals surface area contributed by atoms with E-state index in [-0.39, 0.29) is 32.2 Å². The fourth-order valence-electron chi connectivity index (χ4n) is 3.29. The number of thiophene rings is 1. The van der Waals surface area contributed by atoms with Crippen molar-refractivity contribution < 1.29 is 17.9 Å². The molecule has 2 aromatic carbocycles. The zero-order valence-corrected chi connectivity index (χ0v) is 18.8. The largest absolute Gasteiger partial charge is 0.504 e. The Bertz CT molecular complexity index is 1440. The predicted molar refractivity (Wildman–Crippen MR) is 123 cm³/mol. The number of nitrogens with one attached hydrogen (secondary N) is 2. The minimum atomic E-state index is -3.94. The third-order valence-electron chi connectivity index (χ3n) is 5.03. The molecule has 0 saturated heterocycles. The average Bonchev–Trinajstić information content (AvgIpc) is 3.39. The van der Waals surface area contributed by atoms with Gasteiger partial charge in [-0.1, -0.05) is 25.1 Å². The number of benzene rings is 1. The van der Waals surface area contributed by atoms with Gasteiger partial charge in [0.1, 0.15) is 22.9 Å². The summed E-state index contributed by atoms with van der Waals surface area (Å²) in [5, 5.41) is 17.7. The van der Waals surface area contributed by atoms with Crippen LogP contribution in [-0.2, 0) is 9.84 Å². The van der Waals surface area contributed by atoms with E-state index in [4.69, 9.17) is 4.42 Å². The van der Waals surface area contributed by atoms with Crippen LogP contribution >= 0.6 is 11.3 Å². The molecular weight excluding hydrogens is 452 g/mol. The Morgan fingerprint density at radius 1 is 1.06 bits per heavy atom. The van der Waals surface area contributed by atoms with Crippen molar-refractivity contribution in [2.75, 3.05) is 10.6 Å². The minimum Gasteiger partial charge on any atom is -0.504 e. The fraction of sp³-hybridized carbons (Fsp3) is 0.182. The summed E-state index contributed by atoms with van der Waals surface area (Å²) < 4.78 is 31.0. The van der Waals surface area contributed by atoms with Crippen LogP contribution in [0.2, 0.25) is 0 Å². The summed E-state index contributed by atoms with van der Waals surface area (Å²) in [5.74, 6) is 0.837. The van der Waals surface area contributed by atoms with Crippen LogP contribution in [0.4, 0.5) is 17.1 Å². The van der Waals surface area contributed by atoms with Crippen LogP contribution in [0.25, 0.3) is 0 Å². The lowest BCUT2D eigenvalue weighted by Crippen LogP contribution is -2.37. The van der Waals surface area contributed by atoms with Gasteiger partial charge < -0.3 is 20.2 Å². The Balaban J connectivity index is 1.62. The van der Waals surface area contributed by atoms with Crippen LogP contribution in [0.1, 0.15) is 30.9 Å². The van der Waals surface area contributed by atoms with Gasteiger partial charge in [-0.3, -0.25) is 9.59 Å². The normalized spacial score (nSPS) is 12.7. The van der Waals surface area contributed by atoms with E-state index in [0.717, 1.165) is 17.1 Å². The van der Waals surface area contributed by atoms with E-state index < -0.39 is 26.4 Å². The maximum atomic E-state index is 12.8. The second-order valence-corrected chi connectivity index (χ2v) is 10.2. The van der Waals surface area contributed by atoms with Gasteiger partial charge in [-0.05, 0) is 37.6 Å². The number of rotatable bonds is 8. The molecule has 0 saturated carbocycles. The molecule has 0 unspecified atom stereocenters. The molecule has 2 aromatic heterocycles. The van der Waals surface area contributed by atoms with Crippen LogP contribution in [0.3, 0.4) is 0 Å². The van der Waals surface area contributed by atoms with E-state index in [0.29, 0.717) is 12.2 Å². The standard InChI is InChI=1S/C22H20N2O6S2/c1-3-14(16-10-9-12(2)30-16)23-17-18(21(27)20(17)26)24-15-11-31-22(19(15)25)32(28,29)13-7-5-4-6-8-13/h4-11,14,23-25H,3H2,1-2H3/t14-/m1/s1. The second-order valence-electron chi connectivity index (χ2n) is 7.19. The first-order valence-corrected chi connectivity index (χ1v) is 12.1. The smallest absolute Gasteiger partial charge is 0.253 e. The first-order valence-electron chi connectivity index (χ1n) is 9.77. The Hall–Kier alpha value is -3.37. The van der Waals surface area contributed by atoms with Gasteiger partial charge in [-0.15, -0.1) is 11.3 Å². The molecule has 8 nitrogen and oxygen atoms in total. The molecule has 4 aromatic rings. The number of aromatic hydroxyl groups is 1. The van der Waals surface area contributed by atoms with E-state index in [1.54, 1.807) is 37.3 Å². The second kappa shape index (κ2) is 8.29. The molecule has 0 aliphatic heterocycles. The molecule has 0 aliphatic rings. The molecule has 0 spiro atoms. The zero-order valence-electron chi connectivity index (χ0n) is 17.2. The molecule has 3 N–H and O–H groups in total. The van der Waals surface area contributed by atoms with Crippen molar-refractivity contribution in [1.82, 2.24) is 0 Å². The molecule has 0 amide bonds. The van der Waals surface area contributed by atoms with Gasteiger partial charge in [0.25, 0.3) is 10.9 Å². The Labute approximate surface area is 187 Å². The number of anilines is 3. The Kier molecular flexibility index (Phi) is 5.66. The molecule has 0 fully saturated rings. The molecule has 166 valence electrons. The van der Waals surface area contributed by atoms with Crippen molar-refractivity contribution in [1.29, 1.82) is 0 Å². The number of aryl methyl sites for hydroxylation is 1. The van der Waals surface area contributed by atoms with Crippen LogP contribution in [0.15, 0.2) is 71.0 Å². The third-order valence-corrected chi connectivity index (χ3v) is 8.31. The number of hydrogen-bond acceptors (Lipinski definition) is 9. The Morgan fingerprint density at radius 2 is 1.75 bits per heavy atom. The molecule has 10 heteroatoms. The van der Waals surface area contributed by atoms with Crippen molar-refractivity contribution in [3.8, 4) is 5.75 Å². The molecule has 0 bridgehead atoms. The lowest BCUT2D eigenvalue weighted by Gasteiger charge is -2.20. The lowest BCUT2D eigenvalue weighted by molar-refractivity contribution is 0.452. The van der Waals surface area contributed by atoms with Crippen molar-refractivity contribution in [3.05, 3.63) is 79.8 Å². The summed E-state index contributed by atoms with van der Waals surface area (Å²) in [6, 6.07) is 11.0. The summed E-state index contributed by atoms with van der Waals surface area (Å²) in [4.78, 5) is 24.4. The first-order chi connectivity index (χ1) is 15.2. The van der Waals surface area contributed by atoms with Crippen molar-refractivity contribution in [3.63, 3.8) is 0 Å². The summed E-state index contributed by atoms with van der Waals surface area (Å²) in [5.41, 5.74) is -1.39. The van der Waals surface area contributed by atoms with Gasteiger partial charge in [0.15, 0.2) is 9.96 Å². The number of furan rings is 1. The van der Waals surface area contributed by atoms with Gasteiger partial charge in [0.2, 0.25) is 9.84 Å². The molecular formula is C22H20N2O6S2. The van der Waals surface area contributed by atoms with E-state index in [1.165, 1.54) is 17.5 Å².